The molecule has 0 saturated carbocycles. The van der Waals surface area contributed by atoms with Gasteiger partial charge in [0.25, 0.3) is 0 Å². The smallest absolute Gasteiger partial charge is 1.00 e. The first-order valence-electron chi connectivity index (χ1n) is 2.27. The summed E-state index contributed by atoms with van der Waals surface area (Å²) in [6.07, 6.45) is 0. The minimum Gasteiger partial charge on any atom is 1.00 e. The van der Waals surface area contributed by atoms with Crippen molar-refractivity contribution in [2.75, 3.05) is 0 Å². The van der Waals surface area contributed by atoms with E-state index in [9.17, 15) is 9.90 Å². The number of carboxylic acids is 1. The average molecular weight is 252 g/mol. The number of hydrogen-bond donors (Lipinski definition) is 0. The fourth-order valence-corrected chi connectivity index (χ4v) is 0.559. The van der Waals surface area contributed by atoms with Gasteiger partial charge in [-0.1, -0.05) is 0 Å². The van der Waals surface area contributed by atoms with Crippen LogP contribution in [0.25, 0.3) is 0 Å². The third kappa shape index (κ3) is 4.64. The van der Waals surface area contributed by atoms with E-state index in [2.05, 4.69) is 0 Å². The summed E-state index contributed by atoms with van der Waals surface area (Å²) < 4.78 is -0.523. The van der Waals surface area contributed by atoms with Crippen molar-refractivity contribution in [3.8, 4) is 0 Å². The Morgan fingerprint density at radius 2 is 1.89 bits per heavy atom. The van der Waals surface area contributed by atoms with Crippen molar-refractivity contribution < 1.29 is 39.5 Å². The van der Waals surface area contributed by atoms with Crippen molar-refractivity contribution in [2.24, 2.45) is 0 Å². The number of carbonyl (C=O) groups excluding carboxylic acids is 1. The maximum Gasteiger partial charge on any atom is 1.00 e. The largest absolute Gasteiger partial charge is 1.00 e. The number of carbonyl (C=O) groups is 1. The van der Waals surface area contributed by atoms with E-state index < -0.39 is 30.4 Å². The molecular weight excluding hydrogens is 243 g/mol. The Morgan fingerprint density at radius 1 is 1.56 bits per heavy atom. The molecule has 0 amide bonds. The fourth-order valence-electron chi connectivity index (χ4n) is 0.0833. The van der Waals surface area contributed by atoms with Crippen LogP contribution in [0.3, 0.4) is 0 Å². The average Bonchev–Trinajstić information content (AvgIpc) is 1.67. The van der Waals surface area contributed by atoms with Crippen molar-refractivity contribution in [1.82, 2.24) is 0 Å². The first-order valence-corrected chi connectivity index (χ1v) is 5.77. The molecule has 48 valence electrons. The molecule has 0 heterocycles. The minimum atomic E-state index is -0.914. The summed E-state index contributed by atoms with van der Waals surface area (Å²) in [5.41, 5.74) is 0. The summed E-state index contributed by atoms with van der Waals surface area (Å²) in [6, 6.07) is 0. The molecule has 0 aromatic carbocycles. The van der Waals surface area contributed by atoms with E-state index in [0.717, 1.165) is 0 Å². The number of hydrogen-bond acceptors (Lipinski definition) is 2. The van der Waals surface area contributed by atoms with Gasteiger partial charge in [0.15, 0.2) is 0 Å². The molecule has 0 fully saturated rings. The van der Waals surface area contributed by atoms with Gasteiger partial charge >= 0.3 is 88.6 Å². The van der Waals surface area contributed by atoms with Gasteiger partial charge in [-0.15, -0.1) is 0 Å². The summed E-state index contributed by atoms with van der Waals surface area (Å²) in [5.74, 6) is -0.914. The molecular formula is C5H9NaO2Te. The second kappa shape index (κ2) is 4.98. The summed E-state index contributed by atoms with van der Waals surface area (Å²) in [6.45, 7) is 3.43. The predicted octanol–water partition coefficient (Wildman–Crippen LogP) is -3.31. The monoisotopic (exact) mass is 254 g/mol. The molecule has 0 aromatic heterocycles. The normalized spacial score (nSPS) is 10.1. The molecule has 0 spiro atoms. The van der Waals surface area contributed by atoms with Crippen molar-refractivity contribution in [2.45, 2.75) is 22.3 Å². The van der Waals surface area contributed by atoms with Crippen LogP contribution in [0.1, 0.15) is 13.8 Å². The summed E-state index contributed by atoms with van der Waals surface area (Å²) >= 11 is -0.398. The first kappa shape index (κ1) is 12.9. The van der Waals surface area contributed by atoms with Gasteiger partial charge < -0.3 is 0 Å². The molecule has 9 heavy (non-hydrogen) atoms. The SMILES string of the molecule is C[Te]C(C)(C)C(=O)[O-].[Na+]. The van der Waals surface area contributed by atoms with Gasteiger partial charge in [0, 0.05) is 0 Å². The van der Waals surface area contributed by atoms with Crippen molar-refractivity contribution >= 4 is 26.9 Å². The molecule has 0 radical (unpaired) electrons. The minimum absolute atomic E-state index is 0. The summed E-state index contributed by atoms with van der Waals surface area (Å²) in [5, 5.41) is 10.2. The summed E-state index contributed by atoms with van der Waals surface area (Å²) in [7, 11) is 0. The molecule has 0 rings (SSSR count). The van der Waals surface area contributed by atoms with E-state index >= 15 is 0 Å². The van der Waals surface area contributed by atoms with Crippen LogP contribution >= 0.6 is 0 Å². The van der Waals surface area contributed by atoms with Crippen LogP contribution in [-0.2, 0) is 4.79 Å². The first-order chi connectivity index (χ1) is 3.50. The van der Waals surface area contributed by atoms with E-state index in [0.29, 0.717) is 0 Å². The zero-order valence-electron chi connectivity index (χ0n) is 6.22. The topological polar surface area (TPSA) is 40.1 Å². The predicted molar refractivity (Wildman–Crippen MR) is 30.7 cm³/mol. The third-order valence-corrected chi connectivity index (χ3v) is 4.39. The zero-order chi connectivity index (χ0) is 6.78. The van der Waals surface area contributed by atoms with E-state index in [-0.39, 0.29) is 29.6 Å². The Labute approximate surface area is 87.8 Å². The van der Waals surface area contributed by atoms with E-state index in [1.165, 1.54) is 0 Å². The zero-order valence-corrected chi connectivity index (χ0v) is 10.6. The summed E-state index contributed by atoms with van der Waals surface area (Å²) in [4.78, 5) is 12.1. The third-order valence-electron chi connectivity index (χ3n) is 1.00. The molecule has 0 aliphatic rings. The Balaban J connectivity index is 0. The standard InChI is InChI=1S/C5H10O2Te.Na/c1-5(2,8-3)4(6)7;/h1-3H3,(H,6,7);/q;+1/p-1. The molecule has 0 atom stereocenters. The van der Waals surface area contributed by atoms with Gasteiger partial charge in [0.2, 0.25) is 0 Å². The maximum absolute atomic E-state index is 10.2. The number of rotatable bonds is 2. The second-order valence-electron chi connectivity index (χ2n) is 2.00. The molecule has 0 aliphatic heterocycles. The van der Waals surface area contributed by atoms with Gasteiger partial charge in [0.05, 0.1) is 0 Å². The van der Waals surface area contributed by atoms with Crippen molar-refractivity contribution in [3.63, 3.8) is 0 Å². The van der Waals surface area contributed by atoms with Crippen LogP contribution in [0.4, 0.5) is 0 Å². The van der Waals surface area contributed by atoms with Crippen LogP contribution < -0.4 is 34.7 Å². The Morgan fingerprint density at radius 3 is 1.89 bits per heavy atom. The molecule has 0 aliphatic carbocycles. The van der Waals surface area contributed by atoms with Gasteiger partial charge in [-0.25, -0.2) is 0 Å². The molecule has 0 saturated heterocycles. The molecule has 0 bridgehead atoms. The molecule has 0 N–H and O–H groups in total. The van der Waals surface area contributed by atoms with E-state index in [1.807, 2.05) is 4.97 Å². The van der Waals surface area contributed by atoms with Crippen molar-refractivity contribution in [3.05, 3.63) is 0 Å². The van der Waals surface area contributed by atoms with E-state index in [1.54, 1.807) is 13.8 Å². The van der Waals surface area contributed by atoms with Gasteiger partial charge in [0.1, 0.15) is 0 Å². The second-order valence-corrected chi connectivity index (χ2v) is 6.08. The number of carboxylic acid groups (broad SMARTS) is 1. The Bertz CT molecular complexity index is 103. The van der Waals surface area contributed by atoms with Crippen LogP contribution in [0, 0.1) is 0 Å². The van der Waals surface area contributed by atoms with Crippen LogP contribution in [0.5, 0.6) is 0 Å². The number of aliphatic carboxylic acids is 1. The molecule has 2 nitrogen and oxygen atoms in total. The van der Waals surface area contributed by atoms with Gasteiger partial charge in [-0.2, -0.15) is 0 Å². The van der Waals surface area contributed by atoms with E-state index in [4.69, 9.17) is 0 Å². The van der Waals surface area contributed by atoms with Crippen molar-refractivity contribution in [1.29, 1.82) is 0 Å². The van der Waals surface area contributed by atoms with Gasteiger partial charge in [-0.05, 0) is 0 Å². The Kier molecular flexibility index (Phi) is 7.14. The van der Waals surface area contributed by atoms with Crippen LogP contribution in [-0.4, -0.2) is 26.9 Å². The quantitative estimate of drug-likeness (QED) is 0.483. The Hall–Kier alpha value is 1.26. The molecule has 0 unspecified atom stereocenters. The molecule has 4 heteroatoms. The van der Waals surface area contributed by atoms with Crippen LogP contribution in [0.15, 0.2) is 0 Å². The fraction of sp³-hybridized carbons (Fsp3) is 0.800. The maximum atomic E-state index is 10.2. The van der Waals surface area contributed by atoms with Gasteiger partial charge in [-0.3, -0.25) is 0 Å². The van der Waals surface area contributed by atoms with Crippen LogP contribution in [0.2, 0.25) is 8.43 Å². The molecule has 0 aromatic rings.